The minimum Gasteiger partial charge on any atom is -0.508 e. The molecule has 0 aromatic heterocycles. The van der Waals surface area contributed by atoms with Crippen LogP contribution in [0.2, 0.25) is 0 Å². The first kappa shape index (κ1) is 38.8. The molecule has 2 fully saturated rings. The molecule has 0 aliphatic carbocycles. The van der Waals surface area contributed by atoms with E-state index in [-0.39, 0.29) is 5.75 Å². The summed E-state index contributed by atoms with van der Waals surface area (Å²) in [5, 5.41) is 31.1. The lowest BCUT2D eigenvalue weighted by Gasteiger charge is -2.45. The standard InChI is InChI=1S/C31H38O18/c1-15(33)41-13-23-26(43-17(3)35)28(45-19(5)37)25(40)30(46-23)49-31(14-42-16(2)34)29(27(44-18(4)36)22(12-32)48-31)47-24(39)11-8-20-6-9-21(38)10-7-20/h6-11,22-23,25-30,32,38,40H,12-14H2,1-5H3. The van der Waals surface area contributed by atoms with Gasteiger partial charge < -0.3 is 58.0 Å². The fourth-order valence-corrected chi connectivity index (χ4v) is 5.01. The molecule has 0 spiro atoms. The number of phenols is 1. The van der Waals surface area contributed by atoms with Crippen LogP contribution in [0, 0.1) is 0 Å². The largest absolute Gasteiger partial charge is 0.508 e. The molecule has 18 heteroatoms. The monoisotopic (exact) mass is 698 g/mol. The van der Waals surface area contributed by atoms with Crippen molar-refractivity contribution >= 4 is 41.9 Å². The van der Waals surface area contributed by atoms with Gasteiger partial charge in [0.15, 0.2) is 30.7 Å². The second-order valence-electron chi connectivity index (χ2n) is 10.9. The van der Waals surface area contributed by atoms with E-state index in [1.54, 1.807) is 0 Å². The molecule has 3 rings (SSSR count). The van der Waals surface area contributed by atoms with Gasteiger partial charge in [0.25, 0.3) is 0 Å². The molecule has 1 aromatic carbocycles. The summed E-state index contributed by atoms with van der Waals surface area (Å²) < 4.78 is 49.5. The highest BCUT2D eigenvalue weighted by Gasteiger charge is 2.64. The number of hydrogen-bond acceptors (Lipinski definition) is 18. The fourth-order valence-electron chi connectivity index (χ4n) is 5.01. The summed E-state index contributed by atoms with van der Waals surface area (Å²) in [5.41, 5.74) is 0.473. The number of aliphatic hydroxyl groups is 2. The zero-order chi connectivity index (χ0) is 36.5. The number of phenolic OH excluding ortho intramolecular Hbond substituents is 1. The van der Waals surface area contributed by atoms with Crippen molar-refractivity contribution in [3.63, 3.8) is 0 Å². The topological polar surface area (TPSA) is 246 Å². The molecule has 18 nitrogen and oxygen atoms in total. The lowest BCUT2D eigenvalue weighted by atomic mass is 9.98. The van der Waals surface area contributed by atoms with Crippen molar-refractivity contribution in [2.24, 2.45) is 0 Å². The van der Waals surface area contributed by atoms with Crippen LogP contribution in [0.3, 0.4) is 0 Å². The Kier molecular flexibility index (Phi) is 13.6. The Hall–Kier alpha value is -4.62. The lowest BCUT2D eigenvalue weighted by molar-refractivity contribution is -0.384. The highest BCUT2D eigenvalue weighted by Crippen LogP contribution is 2.40. The molecule has 3 N–H and O–H groups in total. The Labute approximate surface area is 279 Å². The molecule has 2 saturated heterocycles. The number of hydrogen-bond donors (Lipinski definition) is 3. The van der Waals surface area contributed by atoms with Gasteiger partial charge in [-0.25, -0.2) is 4.79 Å². The number of esters is 6. The van der Waals surface area contributed by atoms with Crippen LogP contribution in [0.1, 0.15) is 40.2 Å². The Bertz CT molecular complexity index is 1390. The van der Waals surface area contributed by atoms with Gasteiger partial charge in [0.2, 0.25) is 5.79 Å². The van der Waals surface area contributed by atoms with Crippen LogP contribution in [0.15, 0.2) is 30.3 Å². The molecular formula is C31H38O18. The molecule has 0 radical (unpaired) electrons. The number of carbonyl (C=O) groups excluding carboxylic acids is 6. The third-order valence-electron chi connectivity index (χ3n) is 6.94. The average Bonchev–Trinajstić information content (AvgIpc) is 3.28. The number of aromatic hydroxyl groups is 1. The van der Waals surface area contributed by atoms with Gasteiger partial charge in [-0.1, -0.05) is 12.1 Å². The molecule has 9 atom stereocenters. The summed E-state index contributed by atoms with van der Waals surface area (Å²) in [6.07, 6.45) is -11.3. The average molecular weight is 699 g/mol. The number of carbonyl (C=O) groups is 6. The zero-order valence-corrected chi connectivity index (χ0v) is 27.2. The van der Waals surface area contributed by atoms with Gasteiger partial charge in [-0.05, 0) is 23.8 Å². The molecule has 0 amide bonds. The smallest absolute Gasteiger partial charge is 0.331 e. The Morgan fingerprint density at radius 2 is 1.35 bits per heavy atom. The van der Waals surface area contributed by atoms with Crippen LogP contribution in [0.4, 0.5) is 0 Å². The number of rotatable bonds is 13. The second-order valence-corrected chi connectivity index (χ2v) is 10.9. The molecule has 2 heterocycles. The second kappa shape index (κ2) is 17.2. The Balaban J connectivity index is 2.08. The lowest BCUT2D eigenvalue weighted by Crippen LogP contribution is -2.65. The zero-order valence-electron chi connectivity index (χ0n) is 27.2. The first-order valence-electron chi connectivity index (χ1n) is 14.8. The van der Waals surface area contributed by atoms with Gasteiger partial charge >= 0.3 is 35.8 Å². The maximum absolute atomic E-state index is 13.2. The Morgan fingerprint density at radius 1 is 0.776 bits per heavy atom. The molecule has 2 aliphatic rings. The van der Waals surface area contributed by atoms with Crippen LogP contribution in [-0.4, -0.2) is 126 Å². The fraction of sp³-hybridized carbons (Fsp3) is 0.548. The first-order valence-corrected chi connectivity index (χ1v) is 14.8. The van der Waals surface area contributed by atoms with Gasteiger partial charge in [0.1, 0.15) is 37.3 Å². The van der Waals surface area contributed by atoms with E-state index in [2.05, 4.69) is 0 Å². The highest BCUT2D eigenvalue weighted by atomic mass is 16.8. The molecule has 0 saturated carbocycles. The summed E-state index contributed by atoms with van der Waals surface area (Å²) >= 11 is 0. The Morgan fingerprint density at radius 3 is 1.90 bits per heavy atom. The van der Waals surface area contributed by atoms with E-state index in [0.29, 0.717) is 5.56 Å². The van der Waals surface area contributed by atoms with Crippen LogP contribution in [0.5, 0.6) is 5.75 Å². The minimum absolute atomic E-state index is 0.0214. The van der Waals surface area contributed by atoms with Gasteiger partial charge in [0, 0.05) is 40.7 Å². The van der Waals surface area contributed by atoms with Crippen molar-refractivity contribution in [3.8, 4) is 5.75 Å². The maximum Gasteiger partial charge on any atom is 0.331 e. The van der Waals surface area contributed by atoms with Crippen molar-refractivity contribution in [1.82, 2.24) is 0 Å². The van der Waals surface area contributed by atoms with Crippen LogP contribution >= 0.6 is 0 Å². The van der Waals surface area contributed by atoms with Crippen molar-refractivity contribution in [2.45, 2.75) is 89.4 Å². The summed E-state index contributed by atoms with van der Waals surface area (Å²) in [5.74, 6) is -7.96. The van der Waals surface area contributed by atoms with Gasteiger partial charge in [-0.15, -0.1) is 0 Å². The SMILES string of the molecule is CC(=O)OCC1OC(OC2(COC(C)=O)OC(CO)C(OC(C)=O)C2OC(=O)C=Cc2ccc(O)cc2)C(O)C(OC(C)=O)C1OC(C)=O. The molecule has 0 bridgehead atoms. The van der Waals surface area contributed by atoms with E-state index in [9.17, 15) is 44.1 Å². The summed E-state index contributed by atoms with van der Waals surface area (Å²) in [6, 6.07) is 5.73. The van der Waals surface area contributed by atoms with Crippen molar-refractivity contribution < 1.29 is 86.7 Å². The van der Waals surface area contributed by atoms with Crippen LogP contribution < -0.4 is 0 Å². The predicted octanol–water partition coefficient (Wildman–Crippen LogP) is -0.572. The van der Waals surface area contributed by atoms with Gasteiger partial charge in [-0.3, -0.25) is 24.0 Å². The van der Waals surface area contributed by atoms with E-state index >= 15 is 0 Å². The van der Waals surface area contributed by atoms with E-state index < -0.39 is 110 Å². The van der Waals surface area contributed by atoms with Crippen molar-refractivity contribution in [3.05, 3.63) is 35.9 Å². The number of aliphatic hydroxyl groups excluding tert-OH is 2. The third-order valence-corrected chi connectivity index (χ3v) is 6.94. The van der Waals surface area contributed by atoms with Gasteiger partial charge in [-0.2, -0.15) is 0 Å². The van der Waals surface area contributed by atoms with E-state index in [0.717, 1.165) is 40.7 Å². The number of benzene rings is 1. The van der Waals surface area contributed by atoms with E-state index in [4.69, 9.17) is 42.6 Å². The minimum atomic E-state index is -2.51. The van der Waals surface area contributed by atoms with Crippen LogP contribution in [-0.2, 0) is 71.4 Å². The maximum atomic E-state index is 13.2. The van der Waals surface area contributed by atoms with Crippen LogP contribution in [0.25, 0.3) is 6.08 Å². The molecule has 49 heavy (non-hydrogen) atoms. The van der Waals surface area contributed by atoms with E-state index in [1.165, 1.54) is 30.3 Å². The highest BCUT2D eigenvalue weighted by molar-refractivity contribution is 5.87. The predicted molar refractivity (Wildman–Crippen MR) is 157 cm³/mol. The molecule has 270 valence electrons. The number of ether oxygens (including phenoxy) is 9. The molecule has 9 unspecified atom stereocenters. The molecular weight excluding hydrogens is 660 g/mol. The summed E-state index contributed by atoms with van der Waals surface area (Å²) in [6.45, 7) is 2.79. The van der Waals surface area contributed by atoms with Crippen molar-refractivity contribution in [2.75, 3.05) is 19.8 Å². The summed E-state index contributed by atoms with van der Waals surface area (Å²) in [4.78, 5) is 72.9. The first-order chi connectivity index (χ1) is 23.0. The molecule has 1 aromatic rings. The van der Waals surface area contributed by atoms with E-state index in [1.807, 2.05) is 0 Å². The normalized spacial score (nSPS) is 29.4. The quantitative estimate of drug-likeness (QED) is 0.133. The molecule has 2 aliphatic heterocycles. The summed E-state index contributed by atoms with van der Waals surface area (Å²) in [7, 11) is 0. The van der Waals surface area contributed by atoms with Crippen molar-refractivity contribution in [1.29, 1.82) is 0 Å². The third kappa shape index (κ3) is 10.7. The van der Waals surface area contributed by atoms with Gasteiger partial charge in [0.05, 0.1) is 6.61 Å².